The zero-order valence-corrected chi connectivity index (χ0v) is 29.9. The molecular formula is C37H45N3O10. The molecule has 2 atom stereocenters. The number of hydrogen-bond acceptors (Lipinski definition) is 10. The van der Waals surface area contributed by atoms with Crippen molar-refractivity contribution in [3.8, 4) is 17.1 Å². The molecule has 0 fully saturated rings. The number of fused-ring (bicyclic) bond motifs is 5. The molecule has 4 heterocycles. The molecular weight excluding hydrogens is 646 g/mol. The van der Waals surface area contributed by atoms with Gasteiger partial charge in [-0.05, 0) is 103 Å². The highest BCUT2D eigenvalue weighted by atomic mass is 16.7. The van der Waals surface area contributed by atoms with Gasteiger partial charge in [-0.25, -0.2) is 14.6 Å². The van der Waals surface area contributed by atoms with Crippen LogP contribution in [0.3, 0.4) is 0 Å². The number of amides is 1. The first-order valence-electron chi connectivity index (χ1n) is 16.9. The number of nitrogens with one attached hydrogen (secondary N) is 1. The van der Waals surface area contributed by atoms with Crippen LogP contribution in [0.1, 0.15) is 96.9 Å². The van der Waals surface area contributed by atoms with Crippen LogP contribution >= 0.6 is 0 Å². The van der Waals surface area contributed by atoms with Crippen molar-refractivity contribution in [2.24, 2.45) is 5.92 Å². The van der Waals surface area contributed by atoms with Gasteiger partial charge in [-0.1, -0.05) is 13.8 Å². The minimum absolute atomic E-state index is 0.0269. The molecule has 1 aromatic carbocycles. The van der Waals surface area contributed by atoms with E-state index in [0.29, 0.717) is 28.9 Å². The van der Waals surface area contributed by atoms with E-state index in [-0.39, 0.29) is 55.8 Å². The van der Waals surface area contributed by atoms with Crippen LogP contribution in [-0.4, -0.2) is 56.6 Å². The highest BCUT2D eigenvalue weighted by molar-refractivity contribution is 5.93. The number of carbonyl (C=O) groups excluding carboxylic acids is 3. The van der Waals surface area contributed by atoms with Crippen LogP contribution in [0, 0.1) is 5.92 Å². The number of carboxylic acids is 1. The number of aromatic nitrogens is 2. The van der Waals surface area contributed by atoms with Crippen molar-refractivity contribution >= 4 is 35.1 Å². The van der Waals surface area contributed by atoms with E-state index in [9.17, 15) is 29.1 Å². The van der Waals surface area contributed by atoms with Gasteiger partial charge in [0.05, 0.1) is 34.9 Å². The Hall–Kier alpha value is -4.94. The number of aryl methyl sites for hydroxylation is 1. The quantitative estimate of drug-likeness (QED) is 0.0911. The minimum atomic E-state index is -1.65. The van der Waals surface area contributed by atoms with Gasteiger partial charge in [0.25, 0.3) is 5.56 Å². The van der Waals surface area contributed by atoms with Crippen LogP contribution in [-0.2, 0) is 48.8 Å². The van der Waals surface area contributed by atoms with Crippen molar-refractivity contribution in [1.29, 1.82) is 0 Å². The number of hydrogen-bond donors (Lipinski definition) is 2. The Bertz CT molecular complexity index is 1930. The summed E-state index contributed by atoms with van der Waals surface area (Å²) in [6.45, 7) is 14.2. The number of ether oxygens (including phenoxy) is 4. The normalized spacial score (nSPS) is 17.2. The number of carbonyl (C=O) groups is 4. The van der Waals surface area contributed by atoms with Gasteiger partial charge in [-0.15, -0.1) is 0 Å². The Labute approximate surface area is 290 Å². The molecule has 3 aromatic rings. The molecule has 2 aromatic heterocycles. The number of rotatable bonds is 9. The van der Waals surface area contributed by atoms with E-state index in [2.05, 4.69) is 5.32 Å². The number of carboxylic acid groups (broad SMARTS) is 1. The van der Waals surface area contributed by atoms with Gasteiger partial charge in [-0.2, -0.15) is 0 Å². The number of alkyl carbamates (subject to hydrolysis) is 1. The van der Waals surface area contributed by atoms with Gasteiger partial charge < -0.3 is 33.9 Å². The average molecular weight is 692 g/mol. The van der Waals surface area contributed by atoms with Crippen molar-refractivity contribution in [1.82, 2.24) is 14.9 Å². The van der Waals surface area contributed by atoms with Crippen LogP contribution in [0.4, 0.5) is 9.59 Å². The molecule has 0 radical (unpaired) electrons. The Morgan fingerprint density at radius 2 is 1.74 bits per heavy atom. The Balaban J connectivity index is 1.54. The largest absolute Gasteiger partial charge is 0.514 e. The zero-order valence-electron chi connectivity index (χ0n) is 29.9. The van der Waals surface area contributed by atoms with E-state index in [0.717, 1.165) is 16.5 Å². The first-order valence-corrected chi connectivity index (χ1v) is 16.9. The van der Waals surface area contributed by atoms with Gasteiger partial charge in [0.15, 0.2) is 0 Å². The summed E-state index contributed by atoms with van der Waals surface area (Å²) < 4.78 is 23.2. The molecule has 0 bridgehead atoms. The third-order valence-corrected chi connectivity index (χ3v) is 9.06. The van der Waals surface area contributed by atoms with Crippen molar-refractivity contribution in [3.05, 3.63) is 56.9 Å². The second-order valence-corrected chi connectivity index (χ2v) is 14.7. The summed E-state index contributed by atoms with van der Waals surface area (Å²) >= 11 is 0. The lowest BCUT2D eigenvalue weighted by atomic mass is 9.64. The van der Waals surface area contributed by atoms with Crippen molar-refractivity contribution in [2.45, 2.75) is 111 Å². The number of pyridine rings is 2. The molecule has 2 aliphatic heterocycles. The summed E-state index contributed by atoms with van der Waals surface area (Å²) in [5.74, 6) is -2.88. The summed E-state index contributed by atoms with van der Waals surface area (Å²) in [5, 5.41) is 13.9. The van der Waals surface area contributed by atoms with E-state index in [4.69, 9.17) is 23.9 Å². The standard InChI is InChI=1S/C37H45N3O10/c1-9-21-22-16-20(48-34(46)50-36(6,7)8)13-14-27(22)39-29-23(21)18-40-28(29)17-26-24(30(40)41)19-47-32(44)37(26,10-2)25(31(42)43)12-11-15-38-33(45)49-35(3,4)5/h13-14,16-17,25H,9-12,15,18-19H2,1-8H3,(H,38,45)(H,42,43)/t25-,37?/m1/s1. The molecule has 2 N–H and O–H groups in total. The molecule has 1 unspecified atom stereocenters. The molecule has 0 spiro atoms. The van der Waals surface area contributed by atoms with Crippen molar-refractivity contribution in [2.75, 3.05) is 6.54 Å². The molecule has 2 aliphatic rings. The lowest BCUT2D eigenvalue weighted by Gasteiger charge is -2.40. The Morgan fingerprint density at radius 3 is 2.36 bits per heavy atom. The molecule has 0 saturated carbocycles. The maximum absolute atomic E-state index is 14.2. The van der Waals surface area contributed by atoms with Gasteiger partial charge >= 0.3 is 24.2 Å². The topological polar surface area (TPSA) is 172 Å². The molecule has 13 heteroatoms. The summed E-state index contributed by atoms with van der Waals surface area (Å²) in [4.78, 5) is 70.2. The van der Waals surface area contributed by atoms with Gasteiger partial charge in [0.2, 0.25) is 0 Å². The summed E-state index contributed by atoms with van der Waals surface area (Å²) in [5.41, 5.74) is 0.492. The highest BCUT2D eigenvalue weighted by Crippen LogP contribution is 2.46. The number of esters is 1. The highest BCUT2D eigenvalue weighted by Gasteiger charge is 2.54. The predicted molar refractivity (Wildman–Crippen MR) is 183 cm³/mol. The summed E-state index contributed by atoms with van der Waals surface area (Å²) in [7, 11) is 0. The fraction of sp³-hybridized carbons (Fsp3) is 0.514. The first-order chi connectivity index (χ1) is 23.4. The SMILES string of the molecule is CCc1c2c(nc3ccc(OC(=O)OC(C)(C)C)cc13)-c1cc3c(c(=O)n1C2)COC(=O)C3(CC)[C@H](CCCNC(=O)OC(C)(C)C)C(=O)O. The first kappa shape index (κ1) is 36.3. The lowest BCUT2D eigenvalue weighted by Crippen LogP contribution is -2.51. The number of nitrogens with zero attached hydrogens (tertiary/aromatic N) is 2. The molecule has 268 valence electrons. The average Bonchev–Trinajstić information content (AvgIpc) is 3.37. The van der Waals surface area contributed by atoms with Gasteiger partial charge in [0.1, 0.15) is 29.0 Å². The fourth-order valence-corrected chi connectivity index (χ4v) is 6.98. The van der Waals surface area contributed by atoms with Crippen LogP contribution in [0.15, 0.2) is 29.1 Å². The molecule has 1 amide bonds. The maximum Gasteiger partial charge on any atom is 0.514 e. The smallest absolute Gasteiger partial charge is 0.481 e. The van der Waals surface area contributed by atoms with E-state index in [1.807, 2.05) is 6.92 Å². The summed E-state index contributed by atoms with van der Waals surface area (Å²) in [6.07, 6.45) is -0.546. The third-order valence-electron chi connectivity index (χ3n) is 9.06. The van der Waals surface area contributed by atoms with Crippen LogP contribution < -0.4 is 15.6 Å². The number of aliphatic carboxylic acids is 1. The predicted octanol–water partition coefficient (Wildman–Crippen LogP) is 6.01. The van der Waals surface area contributed by atoms with Crippen LogP contribution in [0.25, 0.3) is 22.3 Å². The zero-order chi connectivity index (χ0) is 36.8. The van der Waals surface area contributed by atoms with E-state index in [1.54, 1.807) is 77.3 Å². The van der Waals surface area contributed by atoms with E-state index in [1.165, 1.54) is 0 Å². The molecule has 5 rings (SSSR count). The molecule has 0 saturated heterocycles. The van der Waals surface area contributed by atoms with Crippen LogP contribution in [0.5, 0.6) is 5.75 Å². The molecule has 13 nitrogen and oxygen atoms in total. The van der Waals surface area contributed by atoms with Crippen molar-refractivity contribution in [3.63, 3.8) is 0 Å². The number of cyclic esters (lactones) is 1. The third kappa shape index (κ3) is 6.90. The number of benzene rings is 1. The maximum atomic E-state index is 14.2. The van der Waals surface area contributed by atoms with Crippen LogP contribution in [0.2, 0.25) is 0 Å². The molecule has 50 heavy (non-hydrogen) atoms. The Kier molecular flexibility index (Phi) is 9.75. The lowest BCUT2D eigenvalue weighted by molar-refractivity contribution is -0.164. The minimum Gasteiger partial charge on any atom is -0.481 e. The second kappa shape index (κ2) is 13.4. The van der Waals surface area contributed by atoms with E-state index < -0.39 is 46.7 Å². The molecule has 0 aliphatic carbocycles. The van der Waals surface area contributed by atoms with E-state index >= 15 is 0 Å². The van der Waals surface area contributed by atoms with Gasteiger partial charge in [0, 0.05) is 17.5 Å². The summed E-state index contributed by atoms with van der Waals surface area (Å²) in [6, 6.07) is 6.81. The van der Waals surface area contributed by atoms with Gasteiger partial charge in [-0.3, -0.25) is 14.4 Å². The second-order valence-electron chi connectivity index (χ2n) is 14.7. The Morgan fingerprint density at radius 1 is 1.04 bits per heavy atom. The monoisotopic (exact) mass is 691 g/mol. The van der Waals surface area contributed by atoms with Crippen molar-refractivity contribution < 1.29 is 43.2 Å². The fourth-order valence-electron chi connectivity index (χ4n) is 6.98.